The number of nitrogens with zero attached hydrogens (tertiary/aromatic N) is 1. The minimum absolute atomic E-state index is 0.134. The zero-order valence-electron chi connectivity index (χ0n) is 14.5. The van der Waals surface area contributed by atoms with Crippen LogP contribution in [0.5, 0.6) is 5.75 Å². The molecule has 3 aromatic rings. The van der Waals surface area contributed by atoms with Crippen LogP contribution >= 0.6 is 11.3 Å². The number of aromatic amines is 1. The lowest BCUT2D eigenvalue weighted by Gasteiger charge is -2.12. The van der Waals surface area contributed by atoms with Crippen LogP contribution in [0.1, 0.15) is 26.6 Å². The molecule has 0 aliphatic carbocycles. The SMILES string of the molecule is COc1ccc(-c2csc(CNC(=O)c3n[nH]c4c3CNCC4)c2)cc1. The predicted molar refractivity (Wildman–Crippen MR) is 101 cm³/mol. The normalized spacial score (nSPS) is 13.3. The highest BCUT2D eigenvalue weighted by atomic mass is 32.1. The zero-order valence-corrected chi connectivity index (χ0v) is 15.3. The summed E-state index contributed by atoms with van der Waals surface area (Å²) < 4.78 is 5.19. The third kappa shape index (κ3) is 3.36. The van der Waals surface area contributed by atoms with E-state index in [-0.39, 0.29) is 5.91 Å². The second-order valence-corrected chi connectivity index (χ2v) is 7.16. The van der Waals surface area contributed by atoms with Crippen LogP contribution < -0.4 is 15.4 Å². The van der Waals surface area contributed by atoms with Crippen molar-refractivity contribution < 1.29 is 9.53 Å². The van der Waals surface area contributed by atoms with E-state index in [0.717, 1.165) is 46.0 Å². The molecule has 134 valence electrons. The Kier molecular flexibility index (Phi) is 4.73. The van der Waals surface area contributed by atoms with Crippen LogP contribution in [0.2, 0.25) is 0 Å². The lowest BCUT2D eigenvalue weighted by molar-refractivity contribution is 0.0945. The highest BCUT2D eigenvalue weighted by Crippen LogP contribution is 2.27. The summed E-state index contributed by atoms with van der Waals surface area (Å²) in [5.41, 5.74) is 4.82. The maximum Gasteiger partial charge on any atom is 0.272 e. The third-order valence-corrected chi connectivity index (χ3v) is 5.46. The quantitative estimate of drug-likeness (QED) is 0.647. The van der Waals surface area contributed by atoms with E-state index in [1.54, 1.807) is 18.4 Å². The third-order valence-electron chi connectivity index (χ3n) is 4.52. The summed E-state index contributed by atoms with van der Waals surface area (Å²) in [7, 11) is 1.66. The van der Waals surface area contributed by atoms with Crippen LogP contribution in [-0.4, -0.2) is 29.8 Å². The first-order valence-corrected chi connectivity index (χ1v) is 9.39. The molecule has 0 fully saturated rings. The van der Waals surface area contributed by atoms with Crippen molar-refractivity contribution in [1.82, 2.24) is 20.8 Å². The van der Waals surface area contributed by atoms with Gasteiger partial charge < -0.3 is 15.4 Å². The van der Waals surface area contributed by atoms with Crippen molar-refractivity contribution in [3.8, 4) is 16.9 Å². The van der Waals surface area contributed by atoms with Crippen LogP contribution in [-0.2, 0) is 19.5 Å². The lowest BCUT2D eigenvalue weighted by atomic mass is 10.1. The summed E-state index contributed by atoms with van der Waals surface area (Å²) in [4.78, 5) is 13.6. The molecule has 3 heterocycles. The van der Waals surface area contributed by atoms with Gasteiger partial charge in [-0.2, -0.15) is 5.10 Å². The molecule has 0 saturated heterocycles. The molecule has 2 aromatic heterocycles. The summed E-state index contributed by atoms with van der Waals surface area (Å²) in [5, 5.41) is 15.5. The molecule has 1 aromatic carbocycles. The van der Waals surface area contributed by atoms with Gasteiger partial charge in [0.25, 0.3) is 5.91 Å². The molecule has 26 heavy (non-hydrogen) atoms. The van der Waals surface area contributed by atoms with Gasteiger partial charge in [-0.3, -0.25) is 9.89 Å². The molecule has 0 radical (unpaired) electrons. The maximum absolute atomic E-state index is 12.5. The van der Waals surface area contributed by atoms with E-state index >= 15 is 0 Å². The van der Waals surface area contributed by atoms with Gasteiger partial charge in [0.15, 0.2) is 5.69 Å². The summed E-state index contributed by atoms with van der Waals surface area (Å²) in [6.45, 7) is 2.10. The fourth-order valence-electron chi connectivity index (χ4n) is 3.07. The Labute approximate surface area is 155 Å². The van der Waals surface area contributed by atoms with Gasteiger partial charge >= 0.3 is 0 Å². The molecule has 1 aliphatic rings. The Morgan fingerprint density at radius 3 is 2.96 bits per heavy atom. The zero-order chi connectivity index (χ0) is 17.9. The molecule has 0 bridgehead atoms. The number of ether oxygens (including phenoxy) is 1. The van der Waals surface area contributed by atoms with Crippen molar-refractivity contribution in [2.45, 2.75) is 19.5 Å². The van der Waals surface area contributed by atoms with Crippen LogP contribution in [0.3, 0.4) is 0 Å². The lowest BCUT2D eigenvalue weighted by Crippen LogP contribution is -2.28. The average Bonchev–Trinajstić information content (AvgIpc) is 3.33. The van der Waals surface area contributed by atoms with E-state index in [0.29, 0.717) is 18.8 Å². The number of nitrogens with one attached hydrogen (secondary N) is 3. The Hall–Kier alpha value is -2.64. The number of rotatable bonds is 5. The number of H-pyrrole nitrogens is 1. The fraction of sp³-hybridized carbons (Fsp3) is 0.263. The highest BCUT2D eigenvalue weighted by Gasteiger charge is 2.21. The molecule has 7 heteroatoms. The molecule has 0 spiro atoms. The summed E-state index contributed by atoms with van der Waals surface area (Å²) in [5.74, 6) is 0.707. The molecular weight excluding hydrogens is 348 g/mol. The number of amides is 1. The van der Waals surface area contributed by atoms with Gasteiger partial charge in [0.2, 0.25) is 0 Å². The van der Waals surface area contributed by atoms with Crippen molar-refractivity contribution >= 4 is 17.2 Å². The minimum Gasteiger partial charge on any atom is -0.497 e. The van der Waals surface area contributed by atoms with Gasteiger partial charge in [-0.1, -0.05) is 12.1 Å². The molecule has 6 nitrogen and oxygen atoms in total. The predicted octanol–water partition coefficient (Wildman–Crippen LogP) is 2.72. The minimum atomic E-state index is -0.134. The second kappa shape index (κ2) is 7.31. The van der Waals surface area contributed by atoms with E-state index in [1.165, 1.54) is 0 Å². The van der Waals surface area contributed by atoms with Crippen molar-refractivity contribution in [3.05, 3.63) is 57.5 Å². The largest absolute Gasteiger partial charge is 0.497 e. The van der Waals surface area contributed by atoms with Crippen molar-refractivity contribution in [3.63, 3.8) is 0 Å². The molecule has 1 aliphatic heterocycles. The number of fused-ring (bicyclic) bond motifs is 1. The molecular formula is C19H20N4O2S. The maximum atomic E-state index is 12.5. The summed E-state index contributed by atoms with van der Waals surface area (Å²) in [6, 6.07) is 10.1. The Balaban J connectivity index is 1.41. The Morgan fingerprint density at radius 1 is 1.31 bits per heavy atom. The number of hydrogen-bond donors (Lipinski definition) is 3. The summed E-state index contributed by atoms with van der Waals surface area (Å²) in [6.07, 6.45) is 0.881. The number of hydrogen-bond acceptors (Lipinski definition) is 5. The molecule has 1 amide bonds. The van der Waals surface area contributed by atoms with Gasteiger partial charge in [-0.05, 0) is 34.7 Å². The number of carbonyl (C=O) groups is 1. The number of benzene rings is 1. The molecule has 3 N–H and O–H groups in total. The smallest absolute Gasteiger partial charge is 0.272 e. The van der Waals surface area contributed by atoms with Gasteiger partial charge in [0.1, 0.15) is 5.75 Å². The van der Waals surface area contributed by atoms with Crippen LogP contribution in [0.25, 0.3) is 11.1 Å². The fourth-order valence-corrected chi connectivity index (χ4v) is 3.91. The number of carbonyl (C=O) groups excluding carboxylic acids is 1. The Morgan fingerprint density at radius 2 is 2.15 bits per heavy atom. The van der Waals surface area contributed by atoms with Crippen LogP contribution in [0, 0.1) is 0 Å². The average molecular weight is 368 g/mol. The first-order valence-electron chi connectivity index (χ1n) is 8.51. The van der Waals surface area contributed by atoms with Gasteiger partial charge in [0.05, 0.1) is 13.7 Å². The molecule has 0 unspecified atom stereocenters. The Bertz CT molecular complexity index is 914. The molecule has 0 atom stereocenters. The van der Waals surface area contributed by atoms with Gasteiger partial charge in [-0.25, -0.2) is 0 Å². The van der Waals surface area contributed by atoms with Crippen LogP contribution in [0.15, 0.2) is 35.7 Å². The second-order valence-electron chi connectivity index (χ2n) is 6.17. The monoisotopic (exact) mass is 368 g/mol. The summed E-state index contributed by atoms with van der Waals surface area (Å²) >= 11 is 1.64. The first kappa shape index (κ1) is 16.8. The molecule has 0 saturated carbocycles. The van der Waals surface area contributed by atoms with Crippen molar-refractivity contribution in [2.75, 3.05) is 13.7 Å². The van der Waals surface area contributed by atoms with Crippen LogP contribution in [0.4, 0.5) is 0 Å². The van der Waals surface area contributed by atoms with Gasteiger partial charge in [0, 0.05) is 35.6 Å². The van der Waals surface area contributed by atoms with Crippen molar-refractivity contribution in [1.29, 1.82) is 0 Å². The van der Waals surface area contributed by atoms with Crippen molar-refractivity contribution in [2.24, 2.45) is 0 Å². The first-order chi connectivity index (χ1) is 12.7. The number of methoxy groups -OCH3 is 1. The van der Waals surface area contributed by atoms with E-state index in [2.05, 4.69) is 32.3 Å². The topological polar surface area (TPSA) is 79.0 Å². The van der Waals surface area contributed by atoms with Gasteiger partial charge in [-0.15, -0.1) is 11.3 Å². The number of aromatic nitrogens is 2. The molecule has 4 rings (SSSR count). The van der Waals surface area contributed by atoms with E-state index in [1.807, 2.05) is 24.3 Å². The highest BCUT2D eigenvalue weighted by molar-refractivity contribution is 7.10. The van der Waals surface area contributed by atoms with E-state index in [9.17, 15) is 4.79 Å². The van der Waals surface area contributed by atoms with E-state index < -0.39 is 0 Å². The number of thiophene rings is 1. The standard InChI is InChI=1S/C19H20N4O2S/c1-25-14-4-2-12(3-5-14)13-8-15(26-11-13)9-21-19(24)18-16-10-20-7-6-17(16)22-23-18/h2-5,8,11,20H,6-7,9-10H2,1H3,(H,21,24)(H,22,23). The van der Waals surface area contributed by atoms with E-state index in [4.69, 9.17) is 4.74 Å².